The third-order valence-electron chi connectivity index (χ3n) is 3.59. The van der Waals surface area contributed by atoms with Gasteiger partial charge in [-0.3, -0.25) is 4.79 Å². The summed E-state index contributed by atoms with van der Waals surface area (Å²) in [6, 6.07) is 6.59. The molecule has 0 bridgehead atoms. The van der Waals surface area contributed by atoms with Gasteiger partial charge in [0.15, 0.2) is 0 Å². The molecule has 0 spiro atoms. The van der Waals surface area contributed by atoms with Crippen LogP contribution < -0.4 is 5.32 Å². The molecule has 1 heterocycles. The monoisotopic (exact) mass is 231 g/mol. The minimum atomic E-state index is 0.125. The van der Waals surface area contributed by atoms with Gasteiger partial charge >= 0.3 is 0 Å². The molecule has 1 aliphatic rings. The van der Waals surface area contributed by atoms with Crippen molar-refractivity contribution in [2.45, 2.75) is 45.6 Å². The average Bonchev–Trinajstić information content (AvgIpc) is 2.83. The van der Waals surface area contributed by atoms with Crippen molar-refractivity contribution in [3.8, 4) is 0 Å². The van der Waals surface area contributed by atoms with Gasteiger partial charge in [0.2, 0.25) is 0 Å². The summed E-state index contributed by atoms with van der Waals surface area (Å²) in [6.07, 6.45) is 3.71. The van der Waals surface area contributed by atoms with Crippen LogP contribution in [0.25, 0.3) is 0 Å². The van der Waals surface area contributed by atoms with Crippen LogP contribution in [0.2, 0.25) is 0 Å². The van der Waals surface area contributed by atoms with Crippen LogP contribution in [-0.4, -0.2) is 18.4 Å². The zero-order valence-corrected chi connectivity index (χ0v) is 10.8. The molecular weight excluding hydrogens is 210 g/mol. The minimum absolute atomic E-state index is 0.125. The predicted octanol–water partition coefficient (Wildman–Crippen LogP) is 2.56. The SMILES string of the molecule is Cc1ccc(C)c(CCC(=O)C2CCCN2)c1. The van der Waals surface area contributed by atoms with E-state index in [1.807, 2.05) is 0 Å². The largest absolute Gasteiger partial charge is 0.307 e. The maximum Gasteiger partial charge on any atom is 0.150 e. The first-order valence-electron chi connectivity index (χ1n) is 6.49. The maximum absolute atomic E-state index is 12.0. The molecule has 1 atom stereocenters. The number of ketones is 1. The number of Topliss-reactive ketones (excluding diaryl/α,β-unsaturated/α-hetero) is 1. The fourth-order valence-electron chi connectivity index (χ4n) is 2.46. The summed E-state index contributed by atoms with van der Waals surface area (Å²) in [6.45, 7) is 5.22. The van der Waals surface area contributed by atoms with Gasteiger partial charge in [-0.2, -0.15) is 0 Å². The lowest BCUT2D eigenvalue weighted by molar-refractivity contribution is -0.120. The summed E-state index contributed by atoms with van der Waals surface area (Å²) in [7, 11) is 0. The second-order valence-corrected chi connectivity index (χ2v) is 5.05. The van der Waals surface area contributed by atoms with E-state index in [1.165, 1.54) is 16.7 Å². The molecule has 2 heteroatoms. The number of carbonyl (C=O) groups excluding carboxylic acids is 1. The van der Waals surface area contributed by atoms with Crippen LogP contribution in [0.4, 0.5) is 0 Å². The summed E-state index contributed by atoms with van der Waals surface area (Å²) in [4.78, 5) is 12.0. The van der Waals surface area contributed by atoms with E-state index in [1.54, 1.807) is 0 Å². The number of rotatable bonds is 4. The molecule has 0 amide bonds. The first-order valence-corrected chi connectivity index (χ1v) is 6.49. The van der Waals surface area contributed by atoms with Crippen LogP contribution in [0.5, 0.6) is 0 Å². The number of hydrogen-bond acceptors (Lipinski definition) is 2. The van der Waals surface area contributed by atoms with Gasteiger partial charge in [0, 0.05) is 6.42 Å². The molecule has 0 saturated carbocycles. The van der Waals surface area contributed by atoms with Crippen LogP contribution >= 0.6 is 0 Å². The molecule has 0 aromatic heterocycles. The molecule has 2 nitrogen and oxygen atoms in total. The summed E-state index contributed by atoms with van der Waals surface area (Å²) in [5.74, 6) is 0.378. The molecule has 1 aromatic carbocycles. The lowest BCUT2D eigenvalue weighted by Crippen LogP contribution is -2.30. The lowest BCUT2D eigenvalue weighted by Gasteiger charge is -2.10. The summed E-state index contributed by atoms with van der Waals surface area (Å²) >= 11 is 0. The number of hydrogen-bond donors (Lipinski definition) is 1. The van der Waals surface area contributed by atoms with Crippen LogP contribution in [0, 0.1) is 13.8 Å². The summed E-state index contributed by atoms with van der Waals surface area (Å²) in [5.41, 5.74) is 3.89. The van der Waals surface area contributed by atoms with Crippen molar-refractivity contribution in [2.75, 3.05) is 6.54 Å². The van der Waals surface area contributed by atoms with Gasteiger partial charge in [-0.05, 0) is 50.8 Å². The second-order valence-electron chi connectivity index (χ2n) is 5.05. The lowest BCUT2D eigenvalue weighted by atomic mass is 9.98. The molecule has 0 aliphatic carbocycles. The molecule has 1 aromatic rings. The smallest absolute Gasteiger partial charge is 0.150 e. The van der Waals surface area contributed by atoms with E-state index in [4.69, 9.17) is 0 Å². The number of benzene rings is 1. The predicted molar refractivity (Wildman–Crippen MR) is 70.3 cm³/mol. The third-order valence-corrected chi connectivity index (χ3v) is 3.59. The minimum Gasteiger partial charge on any atom is -0.307 e. The maximum atomic E-state index is 12.0. The van der Waals surface area contributed by atoms with E-state index in [2.05, 4.69) is 37.4 Å². The first-order chi connectivity index (χ1) is 8.16. The van der Waals surface area contributed by atoms with Gasteiger partial charge in [-0.15, -0.1) is 0 Å². The van der Waals surface area contributed by atoms with E-state index in [-0.39, 0.29) is 6.04 Å². The third kappa shape index (κ3) is 3.16. The van der Waals surface area contributed by atoms with Crippen molar-refractivity contribution >= 4 is 5.78 Å². The topological polar surface area (TPSA) is 29.1 Å². The molecule has 1 N–H and O–H groups in total. The van der Waals surface area contributed by atoms with E-state index in [0.29, 0.717) is 12.2 Å². The van der Waals surface area contributed by atoms with Crippen LogP contribution in [0.15, 0.2) is 18.2 Å². The van der Waals surface area contributed by atoms with Gasteiger partial charge in [-0.1, -0.05) is 23.8 Å². The molecule has 1 saturated heterocycles. The van der Waals surface area contributed by atoms with E-state index in [9.17, 15) is 4.79 Å². The summed E-state index contributed by atoms with van der Waals surface area (Å²) in [5, 5.41) is 3.27. The van der Waals surface area contributed by atoms with Crippen molar-refractivity contribution in [2.24, 2.45) is 0 Å². The molecular formula is C15H21NO. The highest BCUT2D eigenvalue weighted by atomic mass is 16.1. The molecule has 1 unspecified atom stereocenters. The highest BCUT2D eigenvalue weighted by Gasteiger charge is 2.21. The van der Waals surface area contributed by atoms with E-state index in [0.717, 1.165) is 25.8 Å². The Labute approximate surface area is 103 Å². The molecule has 0 radical (unpaired) electrons. The normalized spacial score (nSPS) is 19.5. The molecule has 17 heavy (non-hydrogen) atoms. The van der Waals surface area contributed by atoms with E-state index < -0.39 is 0 Å². The highest BCUT2D eigenvalue weighted by molar-refractivity contribution is 5.84. The Morgan fingerprint density at radius 1 is 1.41 bits per heavy atom. The van der Waals surface area contributed by atoms with Gasteiger partial charge < -0.3 is 5.32 Å². The Kier molecular flexibility index (Phi) is 3.95. The van der Waals surface area contributed by atoms with Crippen LogP contribution in [0.1, 0.15) is 36.0 Å². The second kappa shape index (κ2) is 5.46. The Morgan fingerprint density at radius 3 is 2.94 bits per heavy atom. The van der Waals surface area contributed by atoms with E-state index >= 15 is 0 Å². The number of nitrogens with one attached hydrogen (secondary N) is 1. The first kappa shape index (κ1) is 12.3. The van der Waals surface area contributed by atoms with Crippen LogP contribution in [0.3, 0.4) is 0 Å². The Hall–Kier alpha value is -1.15. The average molecular weight is 231 g/mol. The van der Waals surface area contributed by atoms with Gasteiger partial charge in [0.05, 0.1) is 6.04 Å². The van der Waals surface area contributed by atoms with Crippen molar-refractivity contribution in [3.05, 3.63) is 34.9 Å². The number of carbonyl (C=O) groups is 1. The highest BCUT2D eigenvalue weighted by Crippen LogP contribution is 2.15. The fraction of sp³-hybridized carbons (Fsp3) is 0.533. The number of aryl methyl sites for hydroxylation is 3. The van der Waals surface area contributed by atoms with Crippen molar-refractivity contribution in [1.82, 2.24) is 5.32 Å². The van der Waals surface area contributed by atoms with Gasteiger partial charge in [0.1, 0.15) is 5.78 Å². The standard InChI is InChI=1S/C15H21NO/c1-11-5-6-12(2)13(10-11)7-8-15(17)14-4-3-9-16-14/h5-6,10,14,16H,3-4,7-9H2,1-2H3. The Balaban J connectivity index is 1.92. The molecule has 1 fully saturated rings. The van der Waals surface area contributed by atoms with Crippen molar-refractivity contribution in [3.63, 3.8) is 0 Å². The van der Waals surface area contributed by atoms with Crippen LogP contribution in [-0.2, 0) is 11.2 Å². The zero-order valence-electron chi connectivity index (χ0n) is 10.8. The van der Waals surface area contributed by atoms with Gasteiger partial charge in [-0.25, -0.2) is 0 Å². The van der Waals surface area contributed by atoms with Crippen molar-refractivity contribution < 1.29 is 4.79 Å². The summed E-state index contributed by atoms with van der Waals surface area (Å²) < 4.78 is 0. The Bertz CT molecular complexity index is 405. The Morgan fingerprint density at radius 2 is 2.24 bits per heavy atom. The fourth-order valence-corrected chi connectivity index (χ4v) is 2.46. The van der Waals surface area contributed by atoms with Crippen molar-refractivity contribution in [1.29, 1.82) is 0 Å². The quantitative estimate of drug-likeness (QED) is 0.863. The molecule has 2 rings (SSSR count). The molecule has 1 aliphatic heterocycles. The zero-order chi connectivity index (χ0) is 12.3. The molecule has 92 valence electrons. The van der Waals surface area contributed by atoms with Gasteiger partial charge in [0.25, 0.3) is 0 Å².